The molecule has 1 aromatic carbocycles. The average Bonchev–Trinajstić information content (AvgIpc) is 3.15. The molecule has 0 saturated carbocycles. The van der Waals surface area contributed by atoms with E-state index >= 15 is 0 Å². The molecule has 1 saturated heterocycles. The molecular weight excluding hydrogens is 284 g/mol. The molecule has 118 valence electrons. The largest absolute Gasteiger partial charge is 0.439 e. The molecule has 1 atom stereocenters. The summed E-state index contributed by atoms with van der Waals surface area (Å²) >= 11 is 0. The minimum absolute atomic E-state index is 0.0269. The molecule has 1 fully saturated rings. The van der Waals surface area contributed by atoms with Gasteiger partial charge in [-0.3, -0.25) is 4.79 Å². The van der Waals surface area contributed by atoms with Gasteiger partial charge in [0.25, 0.3) is 0 Å². The van der Waals surface area contributed by atoms with E-state index in [9.17, 15) is 4.79 Å². The number of hydrogen-bond acceptors (Lipinski definition) is 5. The number of hydrogen-bond donors (Lipinski definition) is 1. The molecule has 3 rings (SSSR count). The zero-order chi connectivity index (χ0) is 15.4. The quantitative estimate of drug-likeness (QED) is 0.883. The predicted octanol–water partition coefficient (Wildman–Crippen LogP) is 1.95. The molecule has 1 N–H and O–H groups in total. The minimum atomic E-state index is -0.183. The van der Waals surface area contributed by atoms with Crippen molar-refractivity contribution in [1.29, 1.82) is 0 Å². The van der Waals surface area contributed by atoms with Crippen LogP contribution in [-0.4, -0.2) is 36.8 Å². The molecule has 6 nitrogen and oxygen atoms in total. The molecule has 1 amide bonds. The lowest BCUT2D eigenvalue weighted by atomic mass is 10.2. The second-order valence-electron chi connectivity index (χ2n) is 5.46. The number of nitrogens with zero attached hydrogens (tertiary/aromatic N) is 1. The molecular formula is C16H20N2O4. The lowest BCUT2D eigenvalue weighted by molar-refractivity contribution is -0.127. The van der Waals surface area contributed by atoms with Crippen molar-refractivity contribution in [2.45, 2.75) is 32.4 Å². The number of ether oxygens (including phenoxy) is 2. The first-order chi connectivity index (χ1) is 10.7. The van der Waals surface area contributed by atoms with Crippen molar-refractivity contribution in [1.82, 2.24) is 10.3 Å². The van der Waals surface area contributed by atoms with Crippen LogP contribution in [0.1, 0.15) is 24.3 Å². The Morgan fingerprint density at radius 2 is 2.41 bits per heavy atom. The first kappa shape index (κ1) is 15.0. The van der Waals surface area contributed by atoms with Gasteiger partial charge in [-0.15, -0.1) is 0 Å². The van der Waals surface area contributed by atoms with Crippen LogP contribution < -0.4 is 5.32 Å². The summed E-state index contributed by atoms with van der Waals surface area (Å²) < 4.78 is 16.4. The number of fused-ring (bicyclic) bond motifs is 1. The van der Waals surface area contributed by atoms with Gasteiger partial charge in [-0.25, -0.2) is 4.98 Å². The Balaban J connectivity index is 1.44. The third kappa shape index (κ3) is 3.64. The Kier molecular flexibility index (Phi) is 4.70. The van der Waals surface area contributed by atoms with Gasteiger partial charge in [0, 0.05) is 6.61 Å². The Morgan fingerprint density at radius 1 is 1.50 bits per heavy atom. The number of benzene rings is 1. The fourth-order valence-corrected chi connectivity index (χ4v) is 2.49. The van der Waals surface area contributed by atoms with Gasteiger partial charge in [-0.1, -0.05) is 12.1 Å². The highest BCUT2D eigenvalue weighted by molar-refractivity contribution is 5.78. The maximum atomic E-state index is 11.7. The second-order valence-corrected chi connectivity index (χ2v) is 5.46. The normalized spacial score (nSPS) is 18.0. The Hall–Kier alpha value is -1.92. The first-order valence-corrected chi connectivity index (χ1v) is 7.53. The fourth-order valence-electron chi connectivity index (χ4n) is 2.49. The molecule has 1 aromatic heterocycles. The molecule has 2 aromatic rings. The van der Waals surface area contributed by atoms with Crippen LogP contribution in [0, 0.1) is 6.92 Å². The lowest BCUT2D eigenvalue weighted by Crippen LogP contribution is -2.28. The van der Waals surface area contributed by atoms with Crippen molar-refractivity contribution < 1.29 is 18.7 Å². The van der Waals surface area contributed by atoms with Crippen LogP contribution in [0.15, 0.2) is 22.6 Å². The molecule has 2 heterocycles. The summed E-state index contributed by atoms with van der Waals surface area (Å²) in [4.78, 5) is 16.1. The SMILES string of the molecule is Cc1cccc2oc(CNC(=O)COCC3CCCO3)nc12. The monoisotopic (exact) mass is 304 g/mol. The molecule has 1 unspecified atom stereocenters. The number of para-hydroxylation sites is 1. The lowest BCUT2D eigenvalue weighted by Gasteiger charge is -2.09. The summed E-state index contributed by atoms with van der Waals surface area (Å²) in [7, 11) is 0. The first-order valence-electron chi connectivity index (χ1n) is 7.53. The maximum absolute atomic E-state index is 11.7. The van der Waals surface area contributed by atoms with Crippen LogP contribution in [0.5, 0.6) is 0 Å². The summed E-state index contributed by atoms with van der Waals surface area (Å²) in [6.07, 6.45) is 2.20. The van der Waals surface area contributed by atoms with E-state index in [0.29, 0.717) is 12.5 Å². The van der Waals surface area contributed by atoms with Crippen molar-refractivity contribution >= 4 is 17.0 Å². The molecule has 1 aliphatic heterocycles. The van der Waals surface area contributed by atoms with Crippen LogP contribution >= 0.6 is 0 Å². The van der Waals surface area contributed by atoms with E-state index in [1.165, 1.54) is 0 Å². The van der Waals surface area contributed by atoms with Crippen LogP contribution in [0.3, 0.4) is 0 Å². The van der Waals surface area contributed by atoms with E-state index in [2.05, 4.69) is 10.3 Å². The molecule has 0 radical (unpaired) electrons. The zero-order valence-corrected chi connectivity index (χ0v) is 12.6. The highest BCUT2D eigenvalue weighted by Crippen LogP contribution is 2.18. The number of amides is 1. The number of nitrogens with one attached hydrogen (secondary N) is 1. The van der Waals surface area contributed by atoms with Gasteiger partial charge < -0.3 is 19.2 Å². The van der Waals surface area contributed by atoms with Crippen LogP contribution in [-0.2, 0) is 20.8 Å². The summed E-state index contributed by atoms with van der Waals surface area (Å²) in [6.45, 7) is 3.52. The summed E-state index contributed by atoms with van der Waals surface area (Å²) in [5.41, 5.74) is 2.62. The van der Waals surface area contributed by atoms with E-state index in [1.54, 1.807) is 0 Å². The smallest absolute Gasteiger partial charge is 0.246 e. The van der Waals surface area contributed by atoms with E-state index in [-0.39, 0.29) is 25.2 Å². The second kappa shape index (κ2) is 6.89. The van der Waals surface area contributed by atoms with Crippen LogP contribution in [0.4, 0.5) is 0 Å². The number of aryl methyl sites for hydroxylation is 1. The average molecular weight is 304 g/mol. The number of carbonyl (C=O) groups excluding carboxylic acids is 1. The third-order valence-corrected chi connectivity index (χ3v) is 3.66. The van der Waals surface area contributed by atoms with Gasteiger partial charge in [-0.2, -0.15) is 0 Å². The maximum Gasteiger partial charge on any atom is 0.246 e. The fraction of sp³-hybridized carbons (Fsp3) is 0.500. The van der Waals surface area contributed by atoms with E-state index in [4.69, 9.17) is 13.9 Å². The topological polar surface area (TPSA) is 73.6 Å². The summed E-state index contributed by atoms with van der Waals surface area (Å²) in [5, 5.41) is 2.74. The molecule has 1 aliphatic rings. The summed E-state index contributed by atoms with van der Waals surface area (Å²) in [5.74, 6) is 0.314. The molecule has 0 aliphatic carbocycles. The van der Waals surface area contributed by atoms with Crippen molar-refractivity contribution in [2.75, 3.05) is 19.8 Å². The third-order valence-electron chi connectivity index (χ3n) is 3.66. The van der Waals surface area contributed by atoms with Crippen molar-refractivity contribution in [3.05, 3.63) is 29.7 Å². The number of oxazole rings is 1. The van der Waals surface area contributed by atoms with Crippen LogP contribution in [0.25, 0.3) is 11.1 Å². The van der Waals surface area contributed by atoms with Gasteiger partial charge >= 0.3 is 0 Å². The summed E-state index contributed by atoms with van der Waals surface area (Å²) in [6, 6.07) is 5.77. The Labute approximate surface area is 128 Å². The molecule has 0 spiro atoms. The van der Waals surface area contributed by atoms with E-state index < -0.39 is 0 Å². The highest BCUT2D eigenvalue weighted by Gasteiger charge is 2.16. The standard InChI is InChI=1S/C16H20N2O4/c1-11-4-2-6-13-16(11)18-15(22-13)8-17-14(19)10-20-9-12-5-3-7-21-12/h2,4,6,12H,3,5,7-10H2,1H3,(H,17,19). The Bertz CT molecular complexity index is 647. The number of carbonyl (C=O) groups is 1. The van der Waals surface area contributed by atoms with Crippen LogP contribution in [0.2, 0.25) is 0 Å². The van der Waals surface area contributed by atoms with Crippen molar-refractivity contribution in [2.24, 2.45) is 0 Å². The number of aromatic nitrogens is 1. The van der Waals surface area contributed by atoms with Crippen molar-refractivity contribution in [3.63, 3.8) is 0 Å². The molecule has 0 bridgehead atoms. The van der Waals surface area contributed by atoms with E-state index in [0.717, 1.165) is 36.1 Å². The van der Waals surface area contributed by atoms with Gasteiger partial charge in [0.15, 0.2) is 5.58 Å². The number of rotatable bonds is 6. The predicted molar refractivity (Wildman–Crippen MR) is 80.4 cm³/mol. The molecule has 22 heavy (non-hydrogen) atoms. The van der Waals surface area contributed by atoms with Gasteiger partial charge in [0.1, 0.15) is 12.1 Å². The zero-order valence-electron chi connectivity index (χ0n) is 12.6. The minimum Gasteiger partial charge on any atom is -0.439 e. The van der Waals surface area contributed by atoms with Gasteiger partial charge in [0.2, 0.25) is 11.8 Å². The van der Waals surface area contributed by atoms with Gasteiger partial charge in [0.05, 0.1) is 19.3 Å². The Morgan fingerprint density at radius 3 is 3.18 bits per heavy atom. The molecule has 6 heteroatoms. The van der Waals surface area contributed by atoms with E-state index in [1.807, 2.05) is 25.1 Å². The van der Waals surface area contributed by atoms with Gasteiger partial charge in [-0.05, 0) is 31.4 Å². The highest BCUT2D eigenvalue weighted by atomic mass is 16.5. The van der Waals surface area contributed by atoms with Crippen molar-refractivity contribution in [3.8, 4) is 0 Å².